The van der Waals surface area contributed by atoms with Crippen LogP contribution in [0.1, 0.15) is 21.5 Å². The summed E-state index contributed by atoms with van der Waals surface area (Å²) in [6.45, 7) is 1.77. The van der Waals surface area contributed by atoms with Crippen molar-refractivity contribution in [3.05, 3.63) is 65.2 Å². The molecule has 0 spiro atoms. The number of aryl methyl sites for hydroxylation is 1. The average molecular weight is 280 g/mol. The highest BCUT2D eigenvalue weighted by molar-refractivity contribution is 5.91. The second-order valence-electron chi connectivity index (χ2n) is 4.23. The summed E-state index contributed by atoms with van der Waals surface area (Å²) in [5, 5.41) is 0. The number of carbonyl (C=O) groups is 1. The number of esters is 1. The largest absolute Gasteiger partial charge is 0.423 e. The van der Waals surface area contributed by atoms with Crippen molar-refractivity contribution in [2.45, 2.75) is 13.1 Å². The lowest BCUT2D eigenvalue weighted by Gasteiger charge is -2.09. The fourth-order valence-corrected chi connectivity index (χ4v) is 1.63. The first-order valence-electron chi connectivity index (χ1n) is 5.83. The molecule has 0 bridgehead atoms. The number of carbonyl (C=O) groups excluding carboxylic acids is 1. The SMILES string of the molecule is Cc1ccccc1OC(=O)c1ccc(C(F)(F)F)cc1. The van der Waals surface area contributed by atoms with E-state index in [-0.39, 0.29) is 5.56 Å². The molecule has 5 heteroatoms. The third-order valence-corrected chi connectivity index (χ3v) is 2.74. The molecule has 2 aromatic rings. The van der Waals surface area contributed by atoms with Crippen LogP contribution < -0.4 is 4.74 Å². The van der Waals surface area contributed by atoms with Gasteiger partial charge in [0.1, 0.15) is 5.75 Å². The molecule has 0 aliphatic rings. The first-order chi connectivity index (χ1) is 9.38. The molecule has 0 saturated heterocycles. The van der Waals surface area contributed by atoms with E-state index in [1.54, 1.807) is 31.2 Å². The van der Waals surface area contributed by atoms with Crippen LogP contribution in [0.5, 0.6) is 5.75 Å². The van der Waals surface area contributed by atoms with Crippen molar-refractivity contribution < 1.29 is 22.7 Å². The Balaban J connectivity index is 2.16. The number of hydrogen-bond acceptors (Lipinski definition) is 2. The Kier molecular flexibility index (Phi) is 3.79. The van der Waals surface area contributed by atoms with Gasteiger partial charge in [-0.15, -0.1) is 0 Å². The van der Waals surface area contributed by atoms with Crippen LogP contribution in [-0.2, 0) is 6.18 Å². The van der Waals surface area contributed by atoms with Crippen LogP contribution in [0.15, 0.2) is 48.5 Å². The zero-order valence-electron chi connectivity index (χ0n) is 10.6. The van der Waals surface area contributed by atoms with Gasteiger partial charge in [0, 0.05) is 0 Å². The van der Waals surface area contributed by atoms with E-state index in [0.29, 0.717) is 5.75 Å². The predicted molar refractivity (Wildman–Crippen MR) is 67.6 cm³/mol. The maximum Gasteiger partial charge on any atom is 0.416 e. The fraction of sp³-hybridized carbons (Fsp3) is 0.133. The average Bonchev–Trinajstić information content (AvgIpc) is 2.40. The maximum absolute atomic E-state index is 12.4. The molecule has 0 heterocycles. The van der Waals surface area contributed by atoms with Crippen molar-refractivity contribution in [2.24, 2.45) is 0 Å². The Labute approximate surface area is 113 Å². The molecule has 0 aliphatic carbocycles. The van der Waals surface area contributed by atoms with Crippen molar-refractivity contribution >= 4 is 5.97 Å². The number of hydrogen-bond donors (Lipinski definition) is 0. The summed E-state index contributed by atoms with van der Waals surface area (Å²) in [5.74, 6) is -0.301. The van der Waals surface area contributed by atoms with Crippen molar-refractivity contribution in [3.63, 3.8) is 0 Å². The van der Waals surface area contributed by atoms with E-state index in [1.807, 2.05) is 0 Å². The first-order valence-corrected chi connectivity index (χ1v) is 5.83. The zero-order chi connectivity index (χ0) is 14.8. The van der Waals surface area contributed by atoms with E-state index in [0.717, 1.165) is 29.8 Å². The van der Waals surface area contributed by atoms with E-state index < -0.39 is 17.7 Å². The Morgan fingerprint density at radius 1 is 1.00 bits per heavy atom. The number of halogens is 3. The lowest BCUT2D eigenvalue weighted by atomic mass is 10.1. The Bertz CT molecular complexity index is 616. The highest BCUT2D eigenvalue weighted by Crippen LogP contribution is 2.29. The van der Waals surface area contributed by atoms with Crippen molar-refractivity contribution in [2.75, 3.05) is 0 Å². The van der Waals surface area contributed by atoms with Crippen LogP contribution in [0, 0.1) is 6.92 Å². The number of para-hydroxylation sites is 1. The van der Waals surface area contributed by atoms with Gasteiger partial charge in [-0.05, 0) is 42.8 Å². The Morgan fingerprint density at radius 2 is 1.60 bits per heavy atom. The number of benzene rings is 2. The third-order valence-electron chi connectivity index (χ3n) is 2.74. The normalized spacial score (nSPS) is 11.2. The summed E-state index contributed by atoms with van der Waals surface area (Å²) < 4.78 is 42.3. The number of ether oxygens (including phenoxy) is 1. The highest BCUT2D eigenvalue weighted by atomic mass is 19.4. The standard InChI is InChI=1S/C15H11F3O2/c1-10-4-2-3-5-13(10)20-14(19)11-6-8-12(9-7-11)15(16,17)18/h2-9H,1H3. The van der Waals surface area contributed by atoms with Crippen molar-refractivity contribution in [1.29, 1.82) is 0 Å². The number of alkyl halides is 3. The molecule has 104 valence electrons. The van der Waals surface area contributed by atoms with Crippen molar-refractivity contribution in [1.82, 2.24) is 0 Å². The predicted octanol–water partition coefficient (Wildman–Crippen LogP) is 4.23. The molecule has 0 fully saturated rings. The summed E-state index contributed by atoms with van der Waals surface area (Å²) in [6, 6.07) is 10.8. The zero-order valence-corrected chi connectivity index (χ0v) is 10.6. The molecule has 2 nitrogen and oxygen atoms in total. The molecule has 0 N–H and O–H groups in total. The van der Waals surface area contributed by atoms with E-state index in [1.165, 1.54) is 0 Å². The van der Waals surface area contributed by atoms with Crippen molar-refractivity contribution in [3.8, 4) is 5.75 Å². The second-order valence-corrected chi connectivity index (χ2v) is 4.23. The summed E-state index contributed by atoms with van der Waals surface area (Å²) in [4.78, 5) is 11.8. The van der Waals surface area contributed by atoms with Gasteiger partial charge in [-0.2, -0.15) is 13.2 Å². The molecular weight excluding hydrogens is 269 g/mol. The minimum Gasteiger partial charge on any atom is -0.423 e. The van der Waals surface area contributed by atoms with Gasteiger partial charge in [0.2, 0.25) is 0 Å². The van der Waals surface area contributed by atoms with Crippen LogP contribution in [-0.4, -0.2) is 5.97 Å². The van der Waals surface area contributed by atoms with Gasteiger partial charge in [-0.25, -0.2) is 4.79 Å². The topological polar surface area (TPSA) is 26.3 Å². The molecular formula is C15H11F3O2. The molecule has 0 radical (unpaired) electrons. The van der Waals surface area contributed by atoms with Gasteiger partial charge in [0.05, 0.1) is 11.1 Å². The van der Waals surface area contributed by atoms with Gasteiger partial charge in [-0.1, -0.05) is 18.2 Å². The third kappa shape index (κ3) is 3.17. The van der Waals surface area contributed by atoms with Crippen LogP contribution in [0.4, 0.5) is 13.2 Å². The molecule has 2 rings (SSSR count). The van der Waals surface area contributed by atoms with Crippen LogP contribution in [0.2, 0.25) is 0 Å². The van der Waals surface area contributed by atoms with E-state index in [4.69, 9.17) is 4.74 Å². The lowest BCUT2D eigenvalue weighted by Crippen LogP contribution is -2.10. The summed E-state index contributed by atoms with van der Waals surface area (Å²) in [5.41, 5.74) is 0.0407. The molecule has 0 atom stereocenters. The van der Waals surface area contributed by atoms with Gasteiger partial charge >= 0.3 is 12.1 Å². The minimum atomic E-state index is -4.42. The van der Waals surface area contributed by atoms with Crippen LogP contribution in [0.3, 0.4) is 0 Å². The molecule has 0 unspecified atom stereocenters. The molecule has 0 saturated carbocycles. The monoisotopic (exact) mass is 280 g/mol. The highest BCUT2D eigenvalue weighted by Gasteiger charge is 2.30. The number of rotatable bonds is 2. The molecule has 0 amide bonds. The van der Waals surface area contributed by atoms with E-state index >= 15 is 0 Å². The van der Waals surface area contributed by atoms with E-state index in [9.17, 15) is 18.0 Å². The first kappa shape index (κ1) is 14.1. The van der Waals surface area contributed by atoms with Gasteiger partial charge < -0.3 is 4.74 Å². The Morgan fingerprint density at radius 3 is 2.15 bits per heavy atom. The molecule has 0 aromatic heterocycles. The summed E-state index contributed by atoms with van der Waals surface area (Å²) in [7, 11) is 0. The second kappa shape index (κ2) is 5.36. The quantitative estimate of drug-likeness (QED) is 0.607. The van der Waals surface area contributed by atoms with Crippen LogP contribution >= 0.6 is 0 Å². The Hall–Kier alpha value is -2.30. The lowest BCUT2D eigenvalue weighted by molar-refractivity contribution is -0.137. The van der Waals surface area contributed by atoms with Gasteiger partial charge in [0.25, 0.3) is 0 Å². The summed E-state index contributed by atoms with van der Waals surface area (Å²) in [6.07, 6.45) is -4.42. The maximum atomic E-state index is 12.4. The minimum absolute atomic E-state index is 0.0706. The fourth-order valence-electron chi connectivity index (χ4n) is 1.63. The molecule has 20 heavy (non-hydrogen) atoms. The van der Waals surface area contributed by atoms with E-state index in [2.05, 4.69) is 0 Å². The van der Waals surface area contributed by atoms with Gasteiger partial charge in [0.15, 0.2) is 0 Å². The molecule has 0 aliphatic heterocycles. The van der Waals surface area contributed by atoms with Gasteiger partial charge in [-0.3, -0.25) is 0 Å². The van der Waals surface area contributed by atoms with Crippen LogP contribution in [0.25, 0.3) is 0 Å². The smallest absolute Gasteiger partial charge is 0.416 e. The molecule has 2 aromatic carbocycles. The summed E-state index contributed by atoms with van der Waals surface area (Å²) >= 11 is 0.